The highest BCUT2D eigenvalue weighted by Crippen LogP contribution is 2.26. The molecule has 0 aliphatic rings. The predicted octanol–water partition coefficient (Wildman–Crippen LogP) is 4.70. The summed E-state index contributed by atoms with van der Waals surface area (Å²) in [5.74, 6) is -0.759. The molecule has 0 saturated heterocycles. The molecule has 0 aliphatic heterocycles. The van der Waals surface area contributed by atoms with E-state index >= 15 is 0 Å². The van der Waals surface area contributed by atoms with Crippen molar-refractivity contribution in [3.05, 3.63) is 75.5 Å². The number of benzene rings is 2. The second kappa shape index (κ2) is 8.31. The van der Waals surface area contributed by atoms with Crippen LogP contribution in [-0.4, -0.2) is 16.8 Å². The molecule has 28 heavy (non-hydrogen) atoms. The van der Waals surface area contributed by atoms with Gasteiger partial charge in [0.15, 0.2) is 5.13 Å². The fourth-order valence-corrected chi connectivity index (χ4v) is 3.68. The molecule has 0 radical (unpaired) electrons. The van der Waals surface area contributed by atoms with Crippen LogP contribution in [0.4, 0.5) is 15.2 Å². The van der Waals surface area contributed by atoms with E-state index in [-0.39, 0.29) is 17.6 Å². The zero-order chi connectivity index (χ0) is 20.3. The number of carbonyl (C=O) groups is 2. The van der Waals surface area contributed by atoms with Gasteiger partial charge in [-0.1, -0.05) is 18.2 Å². The number of hydrogen-bond donors (Lipinski definition) is 2. The summed E-state index contributed by atoms with van der Waals surface area (Å²) >= 11 is 1.39. The third-order valence-corrected chi connectivity index (χ3v) is 5.27. The molecule has 0 unspecified atom stereocenters. The van der Waals surface area contributed by atoms with Crippen molar-refractivity contribution >= 4 is 34.0 Å². The average molecular weight is 397 g/mol. The first-order valence-electron chi connectivity index (χ1n) is 8.72. The molecule has 3 rings (SSSR count). The van der Waals surface area contributed by atoms with E-state index in [1.807, 2.05) is 13.8 Å². The Hall–Kier alpha value is -3.06. The number of carbonyl (C=O) groups excluding carboxylic acids is 2. The smallest absolute Gasteiger partial charge is 0.257 e. The number of halogens is 1. The van der Waals surface area contributed by atoms with Crippen molar-refractivity contribution in [2.75, 3.05) is 10.6 Å². The number of aromatic nitrogens is 1. The molecule has 7 heteroatoms. The fraction of sp³-hybridized carbons (Fsp3) is 0.190. The van der Waals surface area contributed by atoms with Gasteiger partial charge in [0.2, 0.25) is 5.91 Å². The van der Waals surface area contributed by atoms with Crippen LogP contribution in [0.5, 0.6) is 0 Å². The highest BCUT2D eigenvalue weighted by atomic mass is 32.1. The molecule has 0 aliphatic carbocycles. The van der Waals surface area contributed by atoms with Crippen LogP contribution in [0.25, 0.3) is 0 Å². The summed E-state index contributed by atoms with van der Waals surface area (Å²) in [6, 6.07) is 11.5. The summed E-state index contributed by atoms with van der Waals surface area (Å²) in [5, 5.41) is 6.03. The third kappa shape index (κ3) is 4.80. The number of thiazole rings is 1. The van der Waals surface area contributed by atoms with Crippen molar-refractivity contribution < 1.29 is 14.0 Å². The van der Waals surface area contributed by atoms with Crippen molar-refractivity contribution in [3.8, 4) is 0 Å². The molecule has 144 valence electrons. The van der Waals surface area contributed by atoms with Crippen molar-refractivity contribution in [2.45, 2.75) is 27.2 Å². The van der Waals surface area contributed by atoms with Crippen molar-refractivity contribution in [1.82, 2.24) is 4.98 Å². The number of aryl methyl sites for hydroxylation is 2. The predicted molar refractivity (Wildman–Crippen MR) is 109 cm³/mol. The number of rotatable bonds is 5. The first-order valence-corrected chi connectivity index (χ1v) is 9.54. The molecule has 0 spiro atoms. The zero-order valence-electron chi connectivity index (χ0n) is 15.8. The summed E-state index contributed by atoms with van der Waals surface area (Å²) in [6.07, 6.45) is 0.622. The summed E-state index contributed by atoms with van der Waals surface area (Å²) in [7, 11) is 0. The van der Waals surface area contributed by atoms with Gasteiger partial charge < -0.3 is 5.32 Å². The lowest BCUT2D eigenvalue weighted by molar-refractivity contribution is -0.114. The standard InChI is InChI=1S/C21H20FN3O2S/c1-12-4-7-16(11-18(12)24-14(3)26)20(27)25-21-23-13(2)19(28-21)10-15-5-8-17(22)9-6-15/h4-9,11H,10H2,1-3H3,(H,24,26)(H,23,25,27). The Bertz CT molecular complexity index is 1030. The van der Waals surface area contributed by atoms with Crippen LogP contribution < -0.4 is 10.6 Å². The second-order valence-corrected chi connectivity index (χ2v) is 7.58. The maximum Gasteiger partial charge on any atom is 0.257 e. The summed E-state index contributed by atoms with van der Waals surface area (Å²) in [5.41, 5.74) is 3.71. The van der Waals surface area contributed by atoms with E-state index in [0.717, 1.165) is 21.7 Å². The molecule has 3 aromatic rings. The van der Waals surface area contributed by atoms with Gasteiger partial charge in [-0.2, -0.15) is 0 Å². The second-order valence-electron chi connectivity index (χ2n) is 6.50. The molecule has 5 nitrogen and oxygen atoms in total. The van der Waals surface area contributed by atoms with Gasteiger partial charge >= 0.3 is 0 Å². The van der Waals surface area contributed by atoms with E-state index in [4.69, 9.17) is 0 Å². The zero-order valence-corrected chi connectivity index (χ0v) is 16.6. The Morgan fingerprint density at radius 1 is 1.07 bits per heavy atom. The number of nitrogens with zero attached hydrogens (tertiary/aromatic N) is 1. The van der Waals surface area contributed by atoms with Gasteiger partial charge in [-0.05, 0) is 49.2 Å². The Balaban J connectivity index is 1.74. The molecule has 0 atom stereocenters. The average Bonchev–Trinajstić information content (AvgIpc) is 2.97. The SMILES string of the molecule is CC(=O)Nc1cc(C(=O)Nc2nc(C)c(Cc3ccc(F)cc3)s2)ccc1C. The molecule has 2 amide bonds. The Morgan fingerprint density at radius 2 is 1.79 bits per heavy atom. The Labute approximate surface area is 166 Å². The van der Waals surface area contributed by atoms with Crippen LogP contribution in [-0.2, 0) is 11.2 Å². The molecular formula is C21H20FN3O2S. The molecule has 1 aromatic heterocycles. The monoisotopic (exact) mass is 397 g/mol. The van der Waals surface area contributed by atoms with Gasteiger partial charge in [0.25, 0.3) is 5.91 Å². The van der Waals surface area contributed by atoms with Gasteiger partial charge in [0, 0.05) is 29.5 Å². The minimum absolute atomic E-state index is 0.193. The van der Waals surface area contributed by atoms with Gasteiger partial charge in [-0.3, -0.25) is 14.9 Å². The topological polar surface area (TPSA) is 71.1 Å². The highest BCUT2D eigenvalue weighted by Gasteiger charge is 2.14. The lowest BCUT2D eigenvalue weighted by Crippen LogP contribution is -2.13. The number of amides is 2. The van der Waals surface area contributed by atoms with E-state index in [1.165, 1.54) is 30.4 Å². The quantitative estimate of drug-likeness (QED) is 0.655. The van der Waals surface area contributed by atoms with Crippen LogP contribution >= 0.6 is 11.3 Å². The normalized spacial score (nSPS) is 10.6. The van der Waals surface area contributed by atoms with Gasteiger partial charge in [-0.15, -0.1) is 11.3 Å². The maximum atomic E-state index is 13.1. The van der Waals surface area contributed by atoms with Gasteiger partial charge in [0.05, 0.1) is 5.69 Å². The van der Waals surface area contributed by atoms with E-state index in [2.05, 4.69) is 15.6 Å². The minimum Gasteiger partial charge on any atom is -0.326 e. The van der Waals surface area contributed by atoms with E-state index in [9.17, 15) is 14.0 Å². The van der Waals surface area contributed by atoms with E-state index < -0.39 is 0 Å². The number of anilines is 2. The summed E-state index contributed by atoms with van der Waals surface area (Å²) in [4.78, 5) is 29.3. The molecule has 2 N–H and O–H groups in total. The van der Waals surface area contributed by atoms with Gasteiger partial charge in [-0.25, -0.2) is 9.37 Å². The van der Waals surface area contributed by atoms with Crippen LogP contribution in [0.3, 0.4) is 0 Å². The summed E-state index contributed by atoms with van der Waals surface area (Å²) < 4.78 is 13.1. The summed E-state index contributed by atoms with van der Waals surface area (Å²) in [6.45, 7) is 5.16. The van der Waals surface area contributed by atoms with Gasteiger partial charge in [0.1, 0.15) is 5.82 Å². The van der Waals surface area contributed by atoms with Crippen molar-refractivity contribution in [2.24, 2.45) is 0 Å². The molecule has 0 bridgehead atoms. The molecule has 0 saturated carbocycles. The lowest BCUT2D eigenvalue weighted by Gasteiger charge is -2.09. The van der Waals surface area contributed by atoms with Crippen molar-refractivity contribution in [3.63, 3.8) is 0 Å². The van der Waals surface area contributed by atoms with Crippen molar-refractivity contribution in [1.29, 1.82) is 0 Å². The van der Waals surface area contributed by atoms with Crippen LogP contribution in [0, 0.1) is 19.7 Å². The first-order chi connectivity index (χ1) is 13.3. The number of nitrogens with one attached hydrogen (secondary N) is 2. The highest BCUT2D eigenvalue weighted by molar-refractivity contribution is 7.15. The van der Waals surface area contributed by atoms with E-state index in [1.54, 1.807) is 30.3 Å². The van der Waals surface area contributed by atoms with Crippen LogP contribution in [0.1, 0.15) is 39.0 Å². The minimum atomic E-state index is -0.298. The fourth-order valence-electron chi connectivity index (χ4n) is 2.69. The number of hydrogen-bond acceptors (Lipinski definition) is 4. The van der Waals surface area contributed by atoms with E-state index in [0.29, 0.717) is 22.8 Å². The first kappa shape index (κ1) is 19.7. The molecule has 1 heterocycles. The maximum absolute atomic E-state index is 13.1. The largest absolute Gasteiger partial charge is 0.326 e. The molecule has 2 aromatic carbocycles. The Kier molecular flexibility index (Phi) is 5.84. The third-order valence-electron chi connectivity index (χ3n) is 4.20. The van der Waals surface area contributed by atoms with Crippen LogP contribution in [0.2, 0.25) is 0 Å². The molecule has 0 fully saturated rings. The Morgan fingerprint density at radius 3 is 2.46 bits per heavy atom. The lowest BCUT2D eigenvalue weighted by atomic mass is 10.1. The van der Waals surface area contributed by atoms with Crippen LogP contribution in [0.15, 0.2) is 42.5 Å². The molecular weight excluding hydrogens is 377 g/mol.